The molecule has 0 radical (unpaired) electrons. The van der Waals surface area contributed by atoms with Gasteiger partial charge in [0, 0.05) is 16.7 Å². The van der Waals surface area contributed by atoms with Crippen LogP contribution in [0.2, 0.25) is 0 Å². The summed E-state index contributed by atoms with van der Waals surface area (Å²) in [5.74, 6) is 1.34. The Bertz CT molecular complexity index is 692. The van der Waals surface area contributed by atoms with E-state index in [1.165, 1.54) is 0 Å². The van der Waals surface area contributed by atoms with E-state index < -0.39 is 0 Å². The first-order valence-electron chi connectivity index (χ1n) is 7.59. The van der Waals surface area contributed by atoms with Gasteiger partial charge in [-0.2, -0.15) is 0 Å². The molecule has 0 unspecified atom stereocenters. The van der Waals surface area contributed by atoms with Crippen molar-refractivity contribution >= 4 is 27.5 Å². The van der Waals surface area contributed by atoms with Crippen LogP contribution in [0.4, 0.5) is 5.69 Å². The van der Waals surface area contributed by atoms with Gasteiger partial charge >= 0.3 is 0 Å². The van der Waals surface area contributed by atoms with Crippen molar-refractivity contribution in [2.75, 3.05) is 32.6 Å². The quantitative estimate of drug-likeness (QED) is 0.723. The fourth-order valence-corrected chi connectivity index (χ4v) is 2.62. The molecule has 0 atom stereocenters. The number of benzene rings is 2. The molecule has 0 aliphatic carbocycles. The van der Waals surface area contributed by atoms with Gasteiger partial charge in [-0.1, -0.05) is 28.1 Å². The lowest BCUT2D eigenvalue weighted by molar-refractivity contribution is -0.119. The maximum Gasteiger partial charge on any atom is 0.239 e. The summed E-state index contributed by atoms with van der Waals surface area (Å²) in [4.78, 5) is 11.9. The highest BCUT2D eigenvalue weighted by molar-refractivity contribution is 9.10. The minimum atomic E-state index is -0.0459. The fourth-order valence-electron chi connectivity index (χ4n) is 2.23. The van der Waals surface area contributed by atoms with Gasteiger partial charge in [-0.3, -0.25) is 4.79 Å². The van der Waals surface area contributed by atoms with Crippen LogP contribution in [0.15, 0.2) is 46.9 Å². The van der Waals surface area contributed by atoms with Gasteiger partial charge in [0.25, 0.3) is 0 Å². The van der Waals surface area contributed by atoms with Crippen LogP contribution in [-0.4, -0.2) is 33.2 Å². The van der Waals surface area contributed by atoms with Crippen molar-refractivity contribution in [1.82, 2.24) is 5.32 Å². The third-order valence-corrected chi connectivity index (χ3v) is 3.95. The van der Waals surface area contributed by atoms with Crippen molar-refractivity contribution in [3.63, 3.8) is 0 Å². The second-order valence-electron chi connectivity index (χ2n) is 5.15. The number of hydrogen-bond acceptors (Lipinski definition) is 4. The molecule has 2 rings (SSSR count). The number of methoxy groups -OCH3 is 2. The van der Waals surface area contributed by atoms with Crippen LogP contribution in [-0.2, 0) is 11.2 Å². The molecule has 2 aromatic carbocycles. The van der Waals surface area contributed by atoms with E-state index in [0.29, 0.717) is 18.0 Å². The van der Waals surface area contributed by atoms with E-state index in [0.717, 1.165) is 22.1 Å². The standard InChI is InChI=1S/C18H21BrN2O3/c1-23-16-7-6-13(10-17(16)24-2)8-9-20-18(22)12-21-15-5-3-4-14(19)11-15/h3-7,10-11,21H,8-9,12H2,1-2H3,(H,20,22). The number of nitrogens with one attached hydrogen (secondary N) is 2. The van der Waals surface area contributed by atoms with Gasteiger partial charge in [0.1, 0.15) is 0 Å². The second-order valence-corrected chi connectivity index (χ2v) is 6.07. The van der Waals surface area contributed by atoms with Gasteiger partial charge in [0.05, 0.1) is 20.8 Å². The zero-order valence-electron chi connectivity index (χ0n) is 13.8. The lowest BCUT2D eigenvalue weighted by Gasteiger charge is -2.10. The van der Waals surface area contributed by atoms with Crippen LogP contribution in [0.3, 0.4) is 0 Å². The highest BCUT2D eigenvalue weighted by atomic mass is 79.9. The van der Waals surface area contributed by atoms with Crippen LogP contribution < -0.4 is 20.1 Å². The predicted octanol–water partition coefficient (Wildman–Crippen LogP) is 3.24. The molecule has 0 bridgehead atoms. The van der Waals surface area contributed by atoms with Crippen molar-refractivity contribution in [3.8, 4) is 11.5 Å². The molecule has 1 amide bonds. The number of rotatable bonds is 8. The Hall–Kier alpha value is -2.21. The summed E-state index contributed by atoms with van der Waals surface area (Å²) in [6.45, 7) is 0.802. The molecule has 5 nitrogen and oxygen atoms in total. The predicted molar refractivity (Wildman–Crippen MR) is 98.9 cm³/mol. The summed E-state index contributed by atoms with van der Waals surface area (Å²) in [5.41, 5.74) is 1.98. The molecular weight excluding hydrogens is 372 g/mol. The third kappa shape index (κ3) is 5.45. The minimum absolute atomic E-state index is 0.0459. The first-order chi connectivity index (χ1) is 11.6. The first kappa shape index (κ1) is 18.1. The normalized spacial score (nSPS) is 10.1. The third-order valence-electron chi connectivity index (χ3n) is 3.46. The molecule has 0 saturated heterocycles. The van der Waals surface area contributed by atoms with E-state index >= 15 is 0 Å². The number of amides is 1. The van der Waals surface area contributed by atoms with Crippen LogP contribution in [0.1, 0.15) is 5.56 Å². The molecule has 6 heteroatoms. The molecule has 2 aromatic rings. The van der Waals surface area contributed by atoms with Crippen molar-refractivity contribution in [2.24, 2.45) is 0 Å². The van der Waals surface area contributed by atoms with Crippen molar-refractivity contribution in [2.45, 2.75) is 6.42 Å². The number of carbonyl (C=O) groups excluding carboxylic acids is 1. The Labute approximate surface area is 150 Å². The fraction of sp³-hybridized carbons (Fsp3) is 0.278. The molecule has 0 spiro atoms. The Morgan fingerprint density at radius 3 is 2.58 bits per heavy atom. The Kier molecular flexibility index (Phi) is 6.93. The monoisotopic (exact) mass is 392 g/mol. The number of anilines is 1. The van der Waals surface area contributed by atoms with Crippen molar-refractivity contribution in [3.05, 3.63) is 52.5 Å². The van der Waals surface area contributed by atoms with Gasteiger partial charge in [0.2, 0.25) is 5.91 Å². The smallest absolute Gasteiger partial charge is 0.239 e. The largest absolute Gasteiger partial charge is 0.493 e. The van der Waals surface area contributed by atoms with Gasteiger partial charge in [-0.25, -0.2) is 0 Å². The Morgan fingerprint density at radius 1 is 1.08 bits per heavy atom. The molecule has 0 aromatic heterocycles. The molecule has 24 heavy (non-hydrogen) atoms. The summed E-state index contributed by atoms with van der Waals surface area (Å²) in [6, 6.07) is 13.5. The maximum absolute atomic E-state index is 11.9. The molecule has 0 aliphatic heterocycles. The Balaban J connectivity index is 1.76. The first-order valence-corrected chi connectivity index (χ1v) is 8.38. The molecule has 0 fully saturated rings. The zero-order valence-corrected chi connectivity index (χ0v) is 15.4. The average Bonchev–Trinajstić information content (AvgIpc) is 2.60. The summed E-state index contributed by atoms with van der Waals surface area (Å²) in [7, 11) is 3.22. The van der Waals surface area contributed by atoms with Crippen LogP contribution in [0.5, 0.6) is 11.5 Å². The molecule has 128 valence electrons. The summed E-state index contributed by atoms with van der Waals surface area (Å²) in [5, 5.41) is 5.99. The Morgan fingerprint density at radius 2 is 1.88 bits per heavy atom. The van der Waals surface area contributed by atoms with Crippen LogP contribution in [0, 0.1) is 0 Å². The summed E-state index contributed by atoms with van der Waals surface area (Å²) >= 11 is 3.40. The molecular formula is C18H21BrN2O3. The maximum atomic E-state index is 11.9. The molecule has 0 heterocycles. The van der Waals surface area contributed by atoms with Gasteiger partial charge in [0.15, 0.2) is 11.5 Å². The zero-order chi connectivity index (χ0) is 17.4. The summed E-state index contributed by atoms with van der Waals surface area (Å²) in [6.07, 6.45) is 0.725. The number of halogens is 1. The summed E-state index contributed by atoms with van der Waals surface area (Å²) < 4.78 is 11.5. The lowest BCUT2D eigenvalue weighted by atomic mass is 10.1. The molecule has 0 saturated carbocycles. The van der Waals surface area contributed by atoms with E-state index in [1.807, 2.05) is 42.5 Å². The van der Waals surface area contributed by atoms with E-state index in [-0.39, 0.29) is 12.5 Å². The molecule has 2 N–H and O–H groups in total. The average molecular weight is 393 g/mol. The van der Waals surface area contributed by atoms with Crippen molar-refractivity contribution in [1.29, 1.82) is 0 Å². The topological polar surface area (TPSA) is 59.6 Å². The lowest BCUT2D eigenvalue weighted by Crippen LogP contribution is -2.31. The van der Waals surface area contributed by atoms with Gasteiger partial charge in [-0.05, 0) is 42.3 Å². The van der Waals surface area contributed by atoms with Gasteiger partial charge < -0.3 is 20.1 Å². The van der Waals surface area contributed by atoms with E-state index in [1.54, 1.807) is 14.2 Å². The molecule has 0 aliphatic rings. The highest BCUT2D eigenvalue weighted by Gasteiger charge is 2.05. The van der Waals surface area contributed by atoms with Gasteiger partial charge in [-0.15, -0.1) is 0 Å². The second kappa shape index (κ2) is 9.17. The minimum Gasteiger partial charge on any atom is -0.493 e. The number of hydrogen-bond donors (Lipinski definition) is 2. The van der Waals surface area contributed by atoms with Crippen LogP contribution >= 0.6 is 15.9 Å². The SMILES string of the molecule is COc1ccc(CCNC(=O)CNc2cccc(Br)c2)cc1OC. The number of ether oxygens (including phenoxy) is 2. The highest BCUT2D eigenvalue weighted by Crippen LogP contribution is 2.27. The van der Waals surface area contributed by atoms with E-state index in [2.05, 4.69) is 26.6 Å². The van der Waals surface area contributed by atoms with Crippen molar-refractivity contribution < 1.29 is 14.3 Å². The van der Waals surface area contributed by atoms with Crippen LogP contribution in [0.25, 0.3) is 0 Å². The number of carbonyl (C=O) groups is 1. The van der Waals surface area contributed by atoms with E-state index in [9.17, 15) is 4.79 Å². The van der Waals surface area contributed by atoms with E-state index in [4.69, 9.17) is 9.47 Å².